The van der Waals surface area contributed by atoms with Crippen LogP contribution in [0.15, 0.2) is 72.8 Å². The Morgan fingerprint density at radius 2 is 1.42 bits per heavy atom. The molecule has 0 spiro atoms. The number of piperazine rings is 1. The maximum absolute atomic E-state index is 11.4. The van der Waals surface area contributed by atoms with Crippen molar-refractivity contribution < 1.29 is 9.84 Å². The lowest BCUT2D eigenvalue weighted by atomic mass is 9.93. The first-order valence-electron chi connectivity index (χ1n) is 11.1. The molecular formula is C27H32Cl2N2O2. The summed E-state index contributed by atoms with van der Waals surface area (Å²) in [5.74, 6) is 0.884. The lowest BCUT2D eigenvalue weighted by Crippen LogP contribution is -2.48. The van der Waals surface area contributed by atoms with Crippen molar-refractivity contribution in [3.63, 3.8) is 0 Å². The van der Waals surface area contributed by atoms with Crippen molar-refractivity contribution in [2.75, 3.05) is 33.3 Å². The van der Waals surface area contributed by atoms with E-state index in [1.807, 2.05) is 48.5 Å². The summed E-state index contributed by atoms with van der Waals surface area (Å²) in [6.45, 7) is 6.69. The summed E-state index contributed by atoms with van der Waals surface area (Å²) >= 11 is 6.14. The van der Waals surface area contributed by atoms with Crippen LogP contribution in [0.5, 0.6) is 5.75 Å². The number of halogens is 2. The molecule has 2 atom stereocenters. The van der Waals surface area contributed by atoms with Gasteiger partial charge in [-0.25, -0.2) is 0 Å². The van der Waals surface area contributed by atoms with E-state index in [0.29, 0.717) is 5.02 Å². The molecule has 1 fully saturated rings. The van der Waals surface area contributed by atoms with Gasteiger partial charge in [0, 0.05) is 37.7 Å². The molecule has 3 aromatic rings. The van der Waals surface area contributed by atoms with E-state index in [1.165, 1.54) is 11.1 Å². The summed E-state index contributed by atoms with van der Waals surface area (Å²) in [7, 11) is 1.69. The van der Waals surface area contributed by atoms with Gasteiger partial charge in [-0.1, -0.05) is 65.7 Å². The number of nitrogens with zero attached hydrogens (tertiary/aromatic N) is 2. The van der Waals surface area contributed by atoms with Gasteiger partial charge in [0.05, 0.1) is 19.3 Å². The number of hydrogen-bond acceptors (Lipinski definition) is 4. The number of aryl methyl sites for hydroxylation is 1. The van der Waals surface area contributed by atoms with Crippen LogP contribution in [-0.4, -0.2) is 48.2 Å². The van der Waals surface area contributed by atoms with E-state index in [0.717, 1.165) is 49.6 Å². The van der Waals surface area contributed by atoms with E-state index in [1.54, 1.807) is 7.11 Å². The van der Waals surface area contributed by atoms with E-state index in [9.17, 15) is 5.11 Å². The lowest BCUT2D eigenvalue weighted by molar-refractivity contribution is 0.0148. The first-order chi connectivity index (χ1) is 15.5. The van der Waals surface area contributed by atoms with Crippen molar-refractivity contribution in [2.45, 2.75) is 25.6 Å². The smallest absolute Gasteiger partial charge is 0.118 e. The van der Waals surface area contributed by atoms with Crippen molar-refractivity contribution in [1.82, 2.24) is 9.80 Å². The fourth-order valence-electron chi connectivity index (χ4n) is 4.39. The van der Waals surface area contributed by atoms with Crippen LogP contribution in [-0.2, 0) is 6.54 Å². The van der Waals surface area contributed by atoms with E-state index < -0.39 is 6.10 Å². The normalized spacial score (nSPS) is 16.6. The fraction of sp³-hybridized carbons (Fsp3) is 0.333. The molecule has 4 nitrogen and oxygen atoms in total. The van der Waals surface area contributed by atoms with Crippen molar-refractivity contribution >= 4 is 24.0 Å². The molecule has 0 aromatic heterocycles. The van der Waals surface area contributed by atoms with Gasteiger partial charge < -0.3 is 9.84 Å². The van der Waals surface area contributed by atoms with Gasteiger partial charge in [0.2, 0.25) is 0 Å². The molecule has 176 valence electrons. The van der Waals surface area contributed by atoms with Crippen LogP contribution >= 0.6 is 24.0 Å². The number of hydrogen-bond donors (Lipinski definition) is 1. The maximum Gasteiger partial charge on any atom is 0.118 e. The number of rotatable bonds is 7. The molecule has 0 saturated carbocycles. The zero-order valence-corrected chi connectivity index (χ0v) is 20.7. The van der Waals surface area contributed by atoms with Crippen molar-refractivity contribution in [3.05, 3.63) is 100 Å². The van der Waals surface area contributed by atoms with Gasteiger partial charge in [-0.15, -0.1) is 12.4 Å². The molecule has 1 heterocycles. The molecule has 6 heteroatoms. The molecule has 0 bridgehead atoms. The predicted octanol–water partition coefficient (Wildman–Crippen LogP) is 5.67. The van der Waals surface area contributed by atoms with Crippen molar-refractivity contribution in [1.29, 1.82) is 0 Å². The second kappa shape index (κ2) is 11.9. The molecule has 0 amide bonds. The number of methoxy groups -OCH3 is 1. The average molecular weight is 487 g/mol. The van der Waals surface area contributed by atoms with Gasteiger partial charge in [-0.3, -0.25) is 9.80 Å². The quantitative estimate of drug-likeness (QED) is 0.466. The van der Waals surface area contributed by atoms with E-state index >= 15 is 0 Å². The third-order valence-corrected chi connectivity index (χ3v) is 6.55. The Hall–Kier alpha value is -2.08. The Bertz CT molecular complexity index is 986. The summed E-state index contributed by atoms with van der Waals surface area (Å²) in [6.07, 6.45) is -0.607. The second-order valence-electron chi connectivity index (χ2n) is 8.51. The van der Waals surface area contributed by atoms with Gasteiger partial charge in [-0.2, -0.15) is 0 Å². The number of benzene rings is 3. The van der Waals surface area contributed by atoms with Crippen LogP contribution in [0.4, 0.5) is 0 Å². The highest BCUT2D eigenvalue weighted by molar-refractivity contribution is 6.30. The summed E-state index contributed by atoms with van der Waals surface area (Å²) in [5.41, 5.74) is 4.51. The molecule has 1 N–H and O–H groups in total. The van der Waals surface area contributed by atoms with Crippen LogP contribution in [0.2, 0.25) is 5.02 Å². The highest BCUT2D eigenvalue weighted by atomic mass is 35.5. The fourth-order valence-corrected chi connectivity index (χ4v) is 4.51. The SMILES string of the molecule is COc1ccc(CN2CCN(C(c3ccc(Cl)cc3)C(O)c3ccc(C)cc3)CC2)cc1.Cl. The zero-order valence-electron chi connectivity index (χ0n) is 19.2. The Balaban J connectivity index is 0.00000306. The third kappa shape index (κ3) is 6.50. The first kappa shape index (κ1) is 25.5. The predicted molar refractivity (Wildman–Crippen MR) is 137 cm³/mol. The molecule has 1 saturated heterocycles. The lowest BCUT2D eigenvalue weighted by Gasteiger charge is -2.41. The van der Waals surface area contributed by atoms with Gasteiger partial charge >= 0.3 is 0 Å². The molecule has 1 aliphatic heterocycles. The summed E-state index contributed by atoms with van der Waals surface area (Å²) in [6, 6.07) is 24.2. The molecule has 2 unspecified atom stereocenters. The number of ether oxygens (including phenoxy) is 1. The van der Waals surface area contributed by atoms with Crippen molar-refractivity contribution in [2.24, 2.45) is 0 Å². The monoisotopic (exact) mass is 486 g/mol. The molecule has 33 heavy (non-hydrogen) atoms. The van der Waals surface area contributed by atoms with E-state index in [2.05, 4.69) is 41.0 Å². The highest BCUT2D eigenvalue weighted by Gasteiger charge is 2.31. The Morgan fingerprint density at radius 3 is 2.00 bits per heavy atom. The van der Waals surface area contributed by atoms with Gasteiger partial charge in [0.25, 0.3) is 0 Å². The van der Waals surface area contributed by atoms with Crippen LogP contribution in [0.25, 0.3) is 0 Å². The minimum atomic E-state index is -0.607. The summed E-state index contributed by atoms with van der Waals surface area (Å²) in [4.78, 5) is 4.87. The van der Waals surface area contributed by atoms with Gasteiger partial charge in [-0.05, 0) is 47.9 Å². The molecule has 1 aliphatic rings. The third-order valence-electron chi connectivity index (χ3n) is 6.29. The largest absolute Gasteiger partial charge is 0.497 e. The Morgan fingerprint density at radius 1 is 0.848 bits per heavy atom. The summed E-state index contributed by atoms with van der Waals surface area (Å²) in [5, 5.41) is 12.1. The molecule has 0 radical (unpaired) electrons. The van der Waals surface area contributed by atoms with Crippen LogP contribution in [0, 0.1) is 6.92 Å². The zero-order chi connectivity index (χ0) is 22.5. The van der Waals surface area contributed by atoms with Gasteiger partial charge in [0.15, 0.2) is 0 Å². The Labute approximate surface area is 208 Å². The van der Waals surface area contributed by atoms with Crippen LogP contribution < -0.4 is 4.74 Å². The van der Waals surface area contributed by atoms with Gasteiger partial charge in [0.1, 0.15) is 5.75 Å². The Kier molecular flexibility index (Phi) is 9.19. The van der Waals surface area contributed by atoms with Crippen molar-refractivity contribution in [3.8, 4) is 5.75 Å². The molecular weight excluding hydrogens is 455 g/mol. The second-order valence-corrected chi connectivity index (χ2v) is 8.95. The maximum atomic E-state index is 11.4. The standard InChI is InChI=1S/C27H31ClN2O2.ClH/c1-20-3-7-23(8-4-20)27(31)26(22-9-11-24(28)12-10-22)30-17-15-29(16-18-30)19-21-5-13-25(32-2)14-6-21;/h3-14,26-27,31H,15-19H2,1-2H3;1H. The van der Waals surface area contributed by atoms with Crippen LogP contribution in [0.3, 0.4) is 0 Å². The number of aliphatic hydroxyl groups excluding tert-OH is 1. The van der Waals surface area contributed by atoms with E-state index in [-0.39, 0.29) is 18.4 Å². The van der Waals surface area contributed by atoms with Crippen LogP contribution in [0.1, 0.15) is 34.4 Å². The molecule has 3 aromatic carbocycles. The average Bonchev–Trinajstić information content (AvgIpc) is 2.82. The molecule has 4 rings (SSSR count). The highest BCUT2D eigenvalue weighted by Crippen LogP contribution is 2.35. The molecule has 0 aliphatic carbocycles. The van der Waals surface area contributed by atoms with E-state index in [4.69, 9.17) is 16.3 Å². The first-order valence-corrected chi connectivity index (χ1v) is 11.5. The minimum Gasteiger partial charge on any atom is -0.497 e. The minimum absolute atomic E-state index is 0. The topological polar surface area (TPSA) is 35.9 Å². The number of aliphatic hydroxyl groups is 1. The summed E-state index contributed by atoms with van der Waals surface area (Å²) < 4.78 is 5.26.